The molecule has 2 aliphatic heterocycles. The summed E-state index contributed by atoms with van der Waals surface area (Å²) in [6.07, 6.45) is 1.16. The zero-order chi connectivity index (χ0) is 38.5. The second-order valence-electron chi connectivity index (χ2n) is 15.3. The maximum Gasteiger partial charge on any atom is 0.454 e. The zero-order valence-electron chi connectivity index (χ0n) is 31.6. The number of piperidine rings is 1. The van der Waals surface area contributed by atoms with Gasteiger partial charge >= 0.3 is 12.1 Å². The number of rotatable bonds is 10. The van der Waals surface area contributed by atoms with Gasteiger partial charge in [-0.2, -0.15) is 22.0 Å². The summed E-state index contributed by atoms with van der Waals surface area (Å²) in [7, 11) is 1.94. The first-order chi connectivity index (χ1) is 25.0. The second-order valence-corrected chi connectivity index (χ2v) is 15.3. The average Bonchev–Trinajstić information content (AvgIpc) is 3.30. The largest absolute Gasteiger partial charge is 0.454 e. The molecule has 3 aliphatic rings. The Balaban J connectivity index is 1.34. The van der Waals surface area contributed by atoms with Crippen molar-refractivity contribution in [2.75, 3.05) is 43.0 Å². The molecule has 2 N–H and O–H groups in total. The van der Waals surface area contributed by atoms with Gasteiger partial charge in [-0.3, -0.25) is 9.69 Å². The fourth-order valence-electron chi connectivity index (χ4n) is 8.92. The van der Waals surface area contributed by atoms with Crippen LogP contribution >= 0.6 is 0 Å². The van der Waals surface area contributed by atoms with E-state index in [-0.39, 0.29) is 18.6 Å². The molecule has 53 heavy (non-hydrogen) atoms. The number of anilines is 2. The third kappa shape index (κ3) is 7.25. The van der Waals surface area contributed by atoms with Gasteiger partial charge in [0.2, 0.25) is 0 Å². The molecular weight excluding hydrogens is 685 g/mol. The van der Waals surface area contributed by atoms with Crippen LogP contribution in [0.3, 0.4) is 0 Å². The normalized spacial score (nSPS) is 18.1. The quantitative estimate of drug-likeness (QED) is 0.203. The number of benzene rings is 2. The number of aromatic nitrogens is 1. The molecule has 0 bridgehead atoms. The van der Waals surface area contributed by atoms with Gasteiger partial charge in [-0.1, -0.05) is 44.6 Å². The number of aromatic amines is 1. The van der Waals surface area contributed by atoms with Crippen LogP contribution in [-0.2, 0) is 12.0 Å². The summed E-state index contributed by atoms with van der Waals surface area (Å²) in [5, 5.41) is 3.45. The predicted molar refractivity (Wildman–Crippen MR) is 205 cm³/mol. The lowest BCUT2D eigenvalue weighted by Crippen LogP contribution is -2.51. The summed E-state index contributed by atoms with van der Waals surface area (Å²) in [6.45, 7) is 17.1. The molecule has 3 heterocycles. The van der Waals surface area contributed by atoms with Crippen molar-refractivity contribution in [3.8, 4) is 11.1 Å². The predicted octanol–water partition coefficient (Wildman–Crippen LogP) is 9.38. The fraction of sp³-hybridized carbons (Fsp3) is 0.500. The Morgan fingerprint density at radius 3 is 2.30 bits per heavy atom. The lowest BCUT2D eigenvalue weighted by atomic mass is 9.72. The van der Waals surface area contributed by atoms with Crippen LogP contribution in [0.5, 0.6) is 0 Å². The first kappa shape index (κ1) is 38.6. The molecule has 0 atom stereocenters. The maximum absolute atomic E-state index is 13.9. The van der Waals surface area contributed by atoms with E-state index >= 15 is 0 Å². The van der Waals surface area contributed by atoms with E-state index in [1.54, 1.807) is 0 Å². The number of fused-ring (bicyclic) bond motifs is 2. The molecule has 3 aromatic rings. The molecule has 0 amide bonds. The van der Waals surface area contributed by atoms with Crippen LogP contribution in [0.1, 0.15) is 85.4 Å². The van der Waals surface area contributed by atoms with Crippen molar-refractivity contribution in [2.24, 2.45) is 0 Å². The summed E-state index contributed by atoms with van der Waals surface area (Å²) in [5.74, 6) is -4.76. The molecule has 6 rings (SSSR count). The van der Waals surface area contributed by atoms with Gasteiger partial charge < -0.3 is 20.1 Å². The minimum absolute atomic E-state index is 0.113. The Morgan fingerprint density at radius 2 is 1.68 bits per heavy atom. The van der Waals surface area contributed by atoms with Gasteiger partial charge in [-0.15, -0.1) is 0 Å². The van der Waals surface area contributed by atoms with Crippen LogP contribution in [0.25, 0.3) is 16.8 Å². The van der Waals surface area contributed by atoms with E-state index in [0.29, 0.717) is 31.0 Å². The van der Waals surface area contributed by atoms with Crippen molar-refractivity contribution in [3.05, 3.63) is 99.1 Å². The van der Waals surface area contributed by atoms with Gasteiger partial charge in [0.05, 0.1) is 6.54 Å². The Hall–Kier alpha value is -4.12. The van der Waals surface area contributed by atoms with Crippen LogP contribution in [0.15, 0.2) is 60.0 Å². The third-order valence-corrected chi connectivity index (χ3v) is 12.1. The summed E-state index contributed by atoms with van der Waals surface area (Å²) in [5.41, 5.74) is 10.5. The number of H-pyrrole nitrogens is 1. The molecular formula is C42H52F5N5O. The van der Waals surface area contributed by atoms with Crippen LogP contribution < -0.4 is 20.7 Å². The van der Waals surface area contributed by atoms with Crippen molar-refractivity contribution in [3.63, 3.8) is 0 Å². The van der Waals surface area contributed by atoms with Crippen molar-refractivity contribution in [1.29, 1.82) is 0 Å². The summed E-state index contributed by atoms with van der Waals surface area (Å²) in [6, 6.07) is 13.1. The number of pyridine rings is 1. The fourth-order valence-corrected chi connectivity index (χ4v) is 8.92. The van der Waals surface area contributed by atoms with Crippen LogP contribution in [0, 0.1) is 20.8 Å². The molecule has 1 spiro atoms. The molecule has 1 saturated heterocycles. The van der Waals surface area contributed by atoms with E-state index in [0.717, 1.165) is 81.2 Å². The van der Waals surface area contributed by atoms with Crippen LogP contribution in [-0.4, -0.2) is 61.3 Å². The molecule has 286 valence electrons. The minimum atomic E-state index is -5.58. The SMILES string of the molecule is C=C(NCc1c(C)cc(C)[nH]c1=O)c1cc(-c2ccc3c(c2)N(C)C(=C)C32CCN(CC(F)(F)C(F)(F)F)CC2)cc(N(CC)C2CCCCC2)c1C. The topological polar surface area (TPSA) is 54.6 Å². The van der Waals surface area contributed by atoms with Crippen molar-refractivity contribution >= 4 is 17.1 Å². The molecule has 11 heteroatoms. The Labute approximate surface area is 309 Å². The van der Waals surface area contributed by atoms with E-state index in [1.807, 2.05) is 31.9 Å². The van der Waals surface area contributed by atoms with Gasteiger partial charge in [0, 0.05) is 71.2 Å². The highest BCUT2D eigenvalue weighted by Crippen LogP contribution is 2.53. The van der Waals surface area contributed by atoms with Gasteiger partial charge in [-0.05, 0) is 119 Å². The molecule has 2 fully saturated rings. The standard InChI is InChI=1S/C42H52F5N5O/c1-8-52(33-12-10-9-11-13-33)37-23-32(21-34(28(37)4)29(5)48-24-35-26(2)20-27(3)49-39(35)53)31-14-15-36-38(22-31)50(7)30(6)40(36)16-18-51(19-17-40)25-41(43,44)42(45,46)47/h14-15,20-23,33,48H,5-6,8-13,16-19,24-25H2,1-4,7H3,(H,49,53). The monoisotopic (exact) mass is 737 g/mol. The number of allylic oxidation sites excluding steroid dienone is 1. The number of likely N-dealkylation sites (N-methyl/N-ethyl adjacent to an activating group) is 1. The first-order valence-electron chi connectivity index (χ1n) is 18.8. The molecule has 6 nitrogen and oxygen atoms in total. The van der Waals surface area contributed by atoms with Crippen LogP contribution in [0.2, 0.25) is 0 Å². The van der Waals surface area contributed by atoms with Gasteiger partial charge in [0.1, 0.15) is 0 Å². The van der Waals surface area contributed by atoms with Gasteiger partial charge in [-0.25, -0.2) is 0 Å². The number of nitrogens with one attached hydrogen (secondary N) is 2. The van der Waals surface area contributed by atoms with E-state index in [9.17, 15) is 26.7 Å². The number of likely N-dealkylation sites (tertiary alicyclic amines) is 1. The zero-order valence-corrected chi connectivity index (χ0v) is 31.6. The van der Waals surface area contributed by atoms with Crippen molar-refractivity contribution < 1.29 is 22.0 Å². The highest BCUT2D eigenvalue weighted by atomic mass is 19.4. The number of nitrogens with zero attached hydrogens (tertiary/aromatic N) is 3. The van der Waals surface area contributed by atoms with Crippen molar-refractivity contribution in [1.82, 2.24) is 15.2 Å². The van der Waals surface area contributed by atoms with Gasteiger partial charge in [0.25, 0.3) is 5.56 Å². The number of hydrogen-bond acceptors (Lipinski definition) is 5. The Morgan fingerprint density at radius 1 is 1.00 bits per heavy atom. The van der Waals surface area contributed by atoms with E-state index in [1.165, 1.54) is 24.2 Å². The number of alkyl halides is 5. The van der Waals surface area contributed by atoms with E-state index in [2.05, 4.69) is 72.5 Å². The smallest absolute Gasteiger partial charge is 0.381 e. The lowest BCUT2D eigenvalue weighted by Gasteiger charge is -2.41. The Bertz CT molecular complexity index is 1930. The molecule has 1 saturated carbocycles. The third-order valence-electron chi connectivity index (χ3n) is 12.1. The highest BCUT2D eigenvalue weighted by Gasteiger charge is 2.58. The van der Waals surface area contributed by atoms with Gasteiger partial charge in [0.15, 0.2) is 0 Å². The number of aryl methyl sites for hydroxylation is 2. The van der Waals surface area contributed by atoms with E-state index < -0.39 is 24.1 Å². The number of halogens is 5. The van der Waals surface area contributed by atoms with Crippen molar-refractivity contribution in [2.45, 2.75) is 103 Å². The number of hydrogen-bond donors (Lipinski definition) is 2. The summed E-state index contributed by atoms with van der Waals surface area (Å²) in [4.78, 5) is 21.5. The maximum atomic E-state index is 13.9. The molecule has 0 radical (unpaired) electrons. The highest BCUT2D eigenvalue weighted by molar-refractivity contribution is 5.83. The average molecular weight is 738 g/mol. The minimum Gasteiger partial charge on any atom is -0.381 e. The Kier molecular flexibility index (Phi) is 10.6. The molecule has 2 aromatic carbocycles. The first-order valence-corrected chi connectivity index (χ1v) is 18.8. The summed E-state index contributed by atoms with van der Waals surface area (Å²) < 4.78 is 66.8. The second kappa shape index (κ2) is 14.6. The molecule has 1 aromatic heterocycles. The summed E-state index contributed by atoms with van der Waals surface area (Å²) >= 11 is 0. The molecule has 1 aliphatic carbocycles. The molecule has 0 unspecified atom stereocenters. The van der Waals surface area contributed by atoms with E-state index in [4.69, 9.17) is 0 Å². The lowest BCUT2D eigenvalue weighted by molar-refractivity contribution is -0.287. The van der Waals surface area contributed by atoms with Crippen LogP contribution in [0.4, 0.5) is 33.3 Å².